The summed E-state index contributed by atoms with van der Waals surface area (Å²) in [4.78, 5) is 26.3. The second-order valence-electron chi connectivity index (χ2n) is 7.66. The normalized spacial score (nSPS) is 13.1. The van der Waals surface area contributed by atoms with Crippen LogP contribution in [-0.4, -0.2) is 25.6 Å². The molecule has 168 valence electrons. The smallest absolute Gasteiger partial charge is 0.341 e. The van der Waals surface area contributed by atoms with Crippen molar-refractivity contribution in [3.05, 3.63) is 51.4 Å². The van der Waals surface area contributed by atoms with Crippen molar-refractivity contribution in [2.24, 2.45) is 0 Å². The van der Waals surface area contributed by atoms with Crippen molar-refractivity contribution in [2.75, 3.05) is 19.0 Å². The number of aryl methyl sites for hydroxylation is 1. The third kappa shape index (κ3) is 5.77. The van der Waals surface area contributed by atoms with E-state index in [1.807, 2.05) is 30.3 Å². The second-order valence-corrected chi connectivity index (χ2v) is 8.76. The summed E-state index contributed by atoms with van der Waals surface area (Å²) in [5.41, 5.74) is 2.06. The lowest BCUT2D eigenvalue weighted by atomic mass is 9.95. The Morgan fingerprint density at radius 2 is 1.94 bits per heavy atom. The van der Waals surface area contributed by atoms with Crippen molar-refractivity contribution < 1.29 is 19.1 Å². The molecule has 0 bridgehead atoms. The Kier molecular flexibility index (Phi) is 8.46. The molecule has 0 spiro atoms. The van der Waals surface area contributed by atoms with Crippen molar-refractivity contribution in [3.63, 3.8) is 0 Å². The molecule has 1 N–H and O–H groups in total. The van der Waals surface area contributed by atoms with Crippen LogP contribution in [-0.2, 0) is 22.4 Å². The van der Waals surface area contributed by atoms with E-state index >= 15 is 0 Å². The van der Waals surface area contributed by atoms with E-state index in [2.05, 4.69) is 12.2 Å². The van der Waals surface area contributed by atoms with Crippen LogP contribution in [0.1, 0.15) is 65.4 Å². The molecular formula is C25H28N2O4S. The molecule has 3 rings (SSSR count). The molecule has 1 aromatic heterocycles. The van der Waals surface area contributed by atoms with E-state index in [0.29, 0.717) is 17.2 Å². The van der Waals surface area contributed by atoms with Gasteiger partial charge in [-0.25, -0.2) is 4.79 Å². The molecule has 0 saturated carbocycles. The number of carbonyl (C=O) groups excluding carboxylic acids is 2. The van der Waals surface area contributed by atoms with Crippen molar-refractivity contribution in [3.8, 4) is 11.8 Å². The van der Waals surface area contributed by atoms with Crippen LogP contribution in [0.3, 0.4) is 0 Å². The maximum Gasteiger partial charge on any atom is 0.341 e. The first-order chi connectivity index (χ1) is 15.6. The van der Waals surface area contributed by atoms with Crippen molar-refractivity contribution in [1.82, 2.24) is 0 Å². The lowest BCUT2D eigenvalue weighted by Crippen LogP contribution is -2.16. The van der Waals surface area contributed by atoms with E-state index in [0.717, 1.165) is 66.7 Å². The van der Waals surface area contributed by atoms with Crippen LogP contribution in [0, 0.1) is 11.3 Å². The number of hydrogen-bond donors (Lipinski definition) is 1. The van der Waals surface area contributed by atoms with Gasteiger partial charge in [-0.1, -0.05) is 31.9 Å². The fourth-order valence-corrected chi connectivity index (χ4v) is 4.93. The molecular weight excluding hydrogens is 424 g/mol. The van der Waals surface area contributed by atoms with Gasteiger partial charge in [0.1, 0.15) is 22.4 Å². The number of ether oxygens (including phenoxy) is 2. The molecule has 32 heavy (non-hydrogen) atoms. The Morgan fingerprint density at radius 3 is 2.62 bits per heavy atom. The minimum absolute atomic E-state index is 0.0381. The Labute approximate surface area is 192 Å². The Balaban J connectivity index is 1.74. The van der Waals surface area contributed by atoms with Gasteiger partial charge in [0.15, 0.2) is 0 Å². The van der Waals surface area contributed by atoms with Gasteiger partial charge in [-0.15, -0.1) is 11.3 Å². The number of nitriles is 1. The summed E-state index contributed by atoms with van der Waals surface area (Å²) < 4.78 is 10.6. The standard InChI is InChI=1S/C25H28N2O4S/c1-3-4-7-14-31-19-12-10-17(11-13-19)15-18(16-26)23(28)27-24-22(25(29)30-2)20-8-5-6-9-21(20)32-24/h10-13,15H,3-9,14H2,1-2H3,(H,27,28)/b18-15+. The average molecular weight is 453 g/mol. The van der Waals surface area contributed by atoms with Gasteiger partial charge < -0.3 is 14.8 Å². The van der Waals surface area contributed by atoms with Gasteiger partial charge in [-0.2, -0.15) is 5.26 Å². The van der Waals surface area contributed by atoms with Gasteiger partial charge >= 0.3 is 5.97 Å². The molecule has 0 unspecified atom stereocenters. The number of carbonyl (C=O) groups is 2. The van der Waals surface area contributed by atoms with Crippen LogP contribution >= 0.6 is 11.3 Å². The van der Waals surface area contributed by atoms with Crippen LogP contribution in [0.2, 0.25) is 0 Å². The van der Waals surface area contributed by atoms with Gasteiger partial charge in [0.25, 0.3) is 5.91 Å². The highest BCUT2D eigenvalue weighted by Crippen LogP contribution is 2.38. The largest absolute Gasteiger partial charge is 0.494 e. The van der Waals surface area contributed by atoms with Crippen molar-refractivity contribution >= 4 is 34.3 Å². The SMILES string of the molecule is CCCCCOc1ccc(/C=C(\C#N)C(=O)Nc2sc3c(c2C(=O)OC)CCCC3)cc1. The van der Waals surface area contributed by atoms with Gasteiger partial charge in [-0.05, 0) is 61.4 Å². The second kappa shape index (κ2) is 11.5. The molecule has 0 radical (unpaired) electrons. The molecule has 1 aliphatic carbocycles. The zero-order valence-electron chi connectivity index (χ0n) is 18.5. The molecule has 0 atom stereocenters. The number of thiophene rings is 1. The van der Waals surface area contributed by atoms with E-state index in [4.69, 9.17) is 9.47 Å². The number of esters is 1. The van der Waals surface area contributed by atoms with Gasteiger partial charge in [0, 0.05) is 4.88 Å². The first-order valence-corrected chi connectivity index (χ1v) is 11.8. The fraction of sp³-hybridized carbons (Fsp3) is 0.400. The highest BCUT2D eigenvalue weighted by molar-refractivity contribution is 7.17. The van der Waals surface area contributed by atoms with Crippen LogP contribution in [0.5, 0.6) is 5.75 Å². The molecule has 0 aliphatic heterocycles. The molecule has 6 nitrogen and oxygen atoms in total. The molecule has 1 heterocycles. The van der Waals surface area contributed by atoms with Crippen LogP contribution in [0.4, 0.5) is 5.00 Å². The van der Waals surface area contributed by atoms with Crippen molar-refractivity contribution in [2.45, 2.75) is 51.9 Å². The molecule has 2 aromatic rings. The molecule has 7 heteroatoms. The molecule has 0 saturated heterocycles. The Hall–Kier alpha value is -3.11. The summed E-state index contributed by atoms with van der Waals surface area (Å²) in [5, 5.41) is 12.8. The lowest BCUT2D eigenvalue weighted by molar-refractivity contribution is -0.112. The quantitative estimate of drug-likeness (QED) is 0.234. The zero-order chi connectivity index (χ0) is 22.9. The predicted octanol–water partition coefficient (Wildman–Crippen LogP) is 5.53. The lowest BCUT2D eigenvalue weighted by Gasteiger charge is -2.11. The Bertz CT molecular complexity index is 1030. The van der Waals surface area contributed by atoms with E-state index < -0.39 is 11.9 Å². The number of nitrogens with one attached hydrogen (secondary N) is 1. The van der Waals surface area contributed by atoms with Crippen LogP contribution in [0.15, 0.2) is 29.8 Å². The van der Waals surface area contributed by atoms with Gasteiger partial charge in [0.05, 0.1) is 19.3 Å². The third-order valence-corrected chi connectivity index (χ3v) is 6.57. The summed E-state index contributed by atoms with van der Waals surface area (Å²) in [6, 6.07) is 9.24. The minimum atomic E-state index is -0.545. The number of methoxy groups -OCH3 is 1. The first-order valence-electron chi connectivity index (χ1n) is 11.0. The van der Waals surface area contributed by atoms with Crippen LogP contribution in [0.25, 0.3) is 6.08 Å². The summed E-state index contributed by atoms with van der Waals surface area (Å²) >= 11 is 1.40. The number of unbranched alkanes of at least 4 members (excludes halogenated alkanes) is 2. The average Bonchev–Trinajstić information content (AvgIpc) is 3.18. The molecule has 1 aromatic carbocycles. The van der Waals surface area contributed by atoms with Crippen molar-refractivity contribution in [1.29, 1.82) is 5.26 Å². The number of anilines is 1. The number of hydrogen-bond acceptors (Lipinski definition) is 6. The zero-order valence-corrected chi connectivity index (χ0v) is 19.3. The maximum absolute atomic E-state index is 12.8. The Morgan fingerprint density at radius 1 is 1.19 bits per heavy atom. The van der Waals surface area contributed by atoms with Gasteiger partial charge in [-0.3, -0.25) is 4.79 Å². The van der Waals surface area contributed by atoms with E-state index in [1.54, 1.807) is 0 Å². The summed E-state index contributed by atoms with van der Waals surface area (Å²) in [6.07, 6.45) is 8.55. The highest BCUT2D eigenvalue weighted by Gasteiger charge is 2.27. The number of amides is 1. The number of nitrogens with zero attached hydrogens (tertiary/aromatic N) is 1. The molecule has 1 aliphatic rings. The molecule has 1 amide bonds. The van der Waals surface area contributed by atoms with Crippen LogP contribution < -0.4 is 10.1 Å². The fourth-order valence-electron chi connectivity index (χ4n) is 3.66. The summed E-state index contributed by atoms with van der Waals surface area (Å²) in [7, 11) is 1.33. The number of rotatable bonds is 9. The third-order valence-electron chi connectivity index (χ3n) is 5.36. The number of benzene rings is 1. The molecule has 0 fully saturated rings. The predicted molar refractivity (Wildman–Crippen MR) is 126 cm³/mol. The first kappa shape index (κ1) is 23.6. The summed E-state index contributed by atoms with van der Waals surface area (Å²) in [6.45, 7) is 2.81. The van der Waals surface area contributed by atoms with Gasteiger partial charge in [0.2, 0.25) is 0 Å². The van der Waals surface area contributed by atoms with E-state index in [9.17, 15) is 14.9 Å². The maximum atomic E-state index is 12.8. The topological polar surface area (TPSA) is 88.4 Å². The van der Waals surface area contributed by atoms with E-state index in [-0.39, 0.29) is 5.57 Å². The summed E-state index contributed by atoms with van der Waals surface area (Å²) in [5.74, 6) is -0.249. The number of fused-ring (bicyclic) bond motifs is 1. The highest BCUT2D eigenvalue weighted by atomic mass is 32.1. The minimum Gasteiger partial charge on any atom is -0.494 e. The monoisotopic (exact) mass is 452 g/mol. The van der Waals surface area contributed by atoms with E-state index in [1.165, 1.54) is 24.5 Å².